The second-order valence-electron chi connectivity index (χ2n) is 8.46. The Morgan fingerprint density at radius 3 is 2.62 bits per heavy atom. The third-order valence-corrected chi connectivity index (χ3v) is 6.88. The molecular weight excluding hydrogens is 517 g/mol. The fourth-order valence-corrected chi connectivity index (χ4v) is 4.90. The predicted molar refractivity (Wildman–Crippen MR) is 123 cm³/mol. The highest BCUT2D eigenvalue weighted by Gasteiger charge is 2.38. The first kappa shape index (κ1) is 25.4. The summed E-state index contributed by atoms with van der Waals surface area (Å²) in [6, 6.07) is 0. The summed E-state index contributed by atoms with van der Waals surface area (Å²) >= 11 is 0. The van der Waals surface area contributed by atoms with E-state index in [4.69, 9.17) is 30.0 Å². The number of nitrogens with one attached hydrogen (secondary N) is 1. The Balaban J connectivity index is 1.13. The summed E-state index contributed by atoms with van der Waals surface area (Å²) in [6.07, 6.45) is -0.572. The molecule has 0 amide bonds. The molecule has 200 valence electrons. The summed E-state index contributed by atoms with van der Waals surface area (Å²) in [5.74, 6) is -0.266. The monoisotopic (exact) mass is 541 g/mol. The van der Waals surface area contributed by atoms with E-state index in [2.05, 4.69) is 24.9 Å². The number of phosphoric ester groups is 1. The van der Waals surface area contributed by atoms with Crippen molar-refractivity contribution in [3.63, 3.8) is 0 Å². The quantitative estimate of drug-likeness (QED) is 0.201. The third kappa shape index (κ3) is 5.40. The summed E-state index contributed by atoms with van der Waals surface area (Å²) in [5, 5.41) is 10.4. The first-order valence-corrected chi connectivity index (χ1v) is 12.6. The van der Waals surface area contributed by atoms with Gasteiger partial charge < -0.3 is 30.9 Å². The highest BCUT2D eigenvalue weighted by atomic mass is 31.2. The molecule has 2 aliphatic rings. The number of ether oxygens (including phenoxy) is 2. The summed E-state index contributed by atoms with van der Waals surface area (Å²) < 4.78 is 36.5. The normalized spacial score (nSPS) is 27.6. The molecule has 7 N–H and O–H groups in total. The number of nitrogen functional groups attached to an aromatic ring is 2. The van der Waals surface area contributed by atoms with Crippen LogP contribution in [0.25, 0.3) is 11.2 Å². The van der Waals surface area contributed by atoms with Crippen LogP contribution in [0, 0.1) is 0 Å². The number of aliphatic hydroxyl groups excluding tert-OH is 1. The zero-order chi connectivity index (χ0) is 26.3. The van der Waals surface area contributed by atoms with Crippen molar-refractivity contribution in [1.29, 1.82) is 0 Å². The Labute approximate surface area is 206 Å². The van der Waals surface area contributed by atoms with Crippen molar-refractivity contribution in [1.82, 2.24) is 34.1 Å². The number of imidazole rings is 1. The maximum Gasteiger partial charge on any atom is 0.472 e. The van der Waals surface area contributed by atoms with Crippen LogP contribution in [0.3, 0.4) is 0 Å². The van der Waals surface area contributed by atoms with Crippen LogP contribution >= 0.6 is 7.82 Å². The molecule has 3 aromatic heterocycles. The molecule has 0 spiro atoms. The molecular formula is C18H24N9O9P. The molecule has 0 radical (unpaired) electrons. The van der Waals surface area contributed by atoms with E-state index >= 15 is 0 Å². The van der Waals surface area contributed by atoms with E-state index in [0.29, 0.717) is 12.8 Å². The van der Waals surface area contributed by atoms with Gasteiger partial charge in [0.15, 0.2) is 11.2 Å². The minimum absolute atomic E-state index is 0.0467. The van der Waals surface area contributed by atoms with Crippen LogP contribution in [0.4, 0.5) is 11.9 Å². The molecule has 3 aromatic rings. The van der Waals surface area contributed by atoms with Gasteiger partial charge in [-0.2, -0.15) is 9.97 Å². The van der Waals surface area contributed by atoms with Gasteiger partial charge in [0.25, 0.3) is 5.56 Å². The molecule has 19 heteroatoms. The molecule has 2 aliphatic heterocycles. The van der Waals surface area contributed by atoms with Gasteiger partial charge in [-0.25, -0.2) is 19.3 Å². The van der Waals surface area contributed by atoms with Crippen LogP contribution in [0.5, 0.6) is 0 Å². The lowest BCUT2D eigenvalue weighted by atomic mass is 10.2. The van der Waals surface area contributed by atoms with Crippen molar-refractivity contribution in [3.05, 3.63) is 33.5 Å². The number of phosphoric acid groups is 1. The van der Waals surface area contributed by atoms with Crippen LogP contribution in [0.15, 0.2) is 22.2 Å². The van der Waals surface area contributed by atoms with E-state index in [1.165, 1.54) is 21.8 Å². The largest absolute Gasteiger partial charge is 0.472 e. The maximum absolute atomic E-state index is 12.4. The smallest absolute Gasteiger partial charge is 0.390 e. The van der Waals surface area contributed by atoms with E-state index in [1.807, 2.05) is 0 Å². The van der Waals surface area contributed by atoms with Gasteiger partial charge in [-0.1, -0.05) is 0 Å². The van der Waals surface area contributed by atoms with E-state index in [0.717, 1.165) is 0 Å². The highest BCUT2D eigenvalue weighted by Crippen LogP contribution is 2.45. The number of rotatable bonds is 8. The number of H-pyrrole nitrogens is 1. The van der Waals surface area contributed by atoms with Crippen molar-refractivity contribution >= 4 is 30.9 Å². The number of nitrogens with zero attached hydrogens (tertiary/aromatic N) is 6. The molecule has 6 atom stereocenters. The van der Waals surface area contributed by atoms with Crippen LogP contribution in [-0.2, 0) is 23.1 Å². The van der Waals surface area contributed by atoms with Gasteiger partial charge in [-0.3, -0.25) is 28.0 Å². The average molecular weight is 541 g/mol. The number of aliphatic hydroxyl groups is 1. The molecule has 0 aromatic carbocycles. The fourth-order valence-electron chi connectivity index (χ4n) is 4.14. The zero-order valence-electron chi connectivity index (χ0n) is 19.1. The van der Waals surface area contributed by atoms with E-state index < -0.39 is 56.4 Å². The van der Waals surface area contributed by atoms with Crippen LogP contribution in [-0.4, -0.2) is 75.6 Å². The lowest BCUT2D eigenvalue weighted by Crippen LogP contribution is -2.29. The Morgan fingerprint density at radius 1 is 1.08 bits per heavy atom. The summed E-state index contributed by atoms with van der Waals surface area (Å²) in [4.78, 5) is 51.7. The van der Waals surface area contributed by atoms with Gasteiger partial charge in [0.05, 0.1) is 31.7 Å². The Kier molecular flexibility index (Phi) is 6.80. The van der Waals surface area contributed by atoms with Crippen molar-refractivity contribution in [3.8, 4) is 0 Å². The molecule has 18 nitrogen and oxygen atoms in total. The summed E-state index contributed by atoms with van der Waals surface area (Å²) in [7, 11) is -4.54. The SMILES string of the molecule is Nc1ncn([C@H]2CC[C@@H](COP(=O)(O)OCC3O[C@@H](n4cnc5c(=O)[nH]c(N)nc54)C[C@H]3O)O2)c(=O)n1. The van der Waals surface area contributed by atoms with Crippen LogP contribution < -0.4 is 22.7 Å². The standard InChI is InChI=1S/C18H24N9O9P/c19-16-22-7-27(18(30)25-16)11-2-1-8(35-11)4-33-37(31,32)34-5-10-9(28)3-12(36-10)26-6-21-13-14(26)23-17(20)24-15(13)29/h6-12,28H,1-5H2,(H,31,32)(H2,19,25,30)(H3,20,23,24,29)/t8-,9+,10?,11+,12+/m0/s1. The van der Waals surface area contributed by atoms with Crippen LogP contribution in [0.1, 0.15) is 31.7 Å². The van der Waals surface area contributed by atoms with Crippen molar-refractivity contribution in [2.75, 3.05) is 24.7 Å². The molecule has 5 heterocycles. The molecule has 5 rings (SSSR count). The number of aromatic amines is 1. The fraction of sp³-hybridized carbons (Fsp3) is 0.556. The van der Waals surface area contributed by atoms with Gasteiger partial charge in [0, 0.05) is 6.42 Å². The molecule has 2 fully saturated rings. The van der Waals surface area contributed by atoms with Crippen molar-refractivity contribution in [2.24, 2.45) is 0 Å². The van der Waals surface area contributed by atoms with E-state index in [1.54, 1.807) is 0 Å². The second kappa shape index (κ2) is 9.90. The summed E-state index contributed by atoms with van der Waals surface area (Å²) in [5.41, 5.74) is 10.0. The van der Waals surface area contributed by atoms with Gasteiger partial charge in [0.1, 0.15) is 24.9 Å². The molecule has 37 heavy (non-hydrogen) atoms. The second-order valence-corrected chi connectivity index (χ2v) is 9.92. The lowest BCUT2D eigenvalue weighted by Gasteiger charge is -2.19. The van der Waals surface area contributed by atoms with Gasteiger partial charge in [0.2, 0.25) is 11.9 Å². The van der Waals surface area contributed by atoms with Gasteiger partial charge in [-0.15, -0.1) is 0 Å². The Hall–Kier alpha value is -3.25. The number of nitrogens with two attached hydrogens (primary N) is 2. The topological polar surface area (TPSA) is 258 Å². The van der Waals surface area contributed by atoms with E-state index in [9.17, 15) is 24.2 Å². The number of hydrogen-bond acceptors (Lipinski definition) is 14. The average Bonchev–Trinajstić information content (AvgIpc) is 3.55. The highest BCUT2D eigenvalue weighted by molar-refractivity contribution is 7.47. The van der Waals surface area contributed by atoms with Gasteiger partial charge in [-0.05, 0) is 12.8 Å². The summed E-state index contributed by atoms with van der Waals surface area (Å²) in [6.45, 7) is -0.741. The Bertz CT molecular complexity index is 1460. The minimum Gasteiger partial charge on any atom is -0.390 e. The zero-order valence-corrected chi connectivity index (χ0v) is 20.0. The maximum atomic E-state index is 12.4. The molecule has 0 bridgehead atoms. The first-order valence-electron chi connectivity index (χ1n) is 11.1. The molecule has 2 unspecified atom stereocenters. The third-order valence-electron chi connectivity index (χ3n) is 5.93. The Morgan fingerprint density at radius 2 is 1.84 bits per heavy atom. The van der Waals surface area contributed by atoms with Crippen molar-refractivity contribution in [2.45, 2.75) is 50.0 Å². The number of aromatic nitrogens is 7. The molecule has 0 saturated carbocycles. The van der Waals surface area contributed by atoms with Crippen LogP contribution in [0.2, 0.25) is 0 Å². The van der Waals surface area contributed by atoms with Crippen molar-refractivity contribution < 1.29 is 33.1 Å². The lowest BCUT2D eigenvalue weighted by molar-refractivity contribution is -0.0496. The minimum atomic E-state index is -4.54. The first-order chi connectivity index (χ1) is 17.6. The number of anilines is 2. The number of fused-ring (bicyclic) bond motifs is 1. The number of hydrogen-bond donors (Lipinski definition) is 5. The van der Waals surface area contributed by atoms with E-state index in [-0.39, 0.29) is 36.1 Å². The van der Waals surface area contributed by atoms with Gasteiger partial charge >= 0.3 is 13.5 Å². The molecule has 0 aliphatic carbocycles. The molecule has 2 saturated heterocycles. The predicted octanol–water partition coefficient (Wildman–Crippen LogP) is -1.60.